The van der Waals surface area contributed by atoms with Gasteiger partial charge in [0.15, 0.2) is 0 Å². The summed E-state index contributed by atoms with van der Waals surface area (Å²) in [6.45, 7) is 4.09. The Morgan fingerprint density at radius 2 is 2.20 bits per heavy atom. The summed E-state index contributed by atoms with van der Waals surface area (Å²) < 4.78 is 0. The van der Waals surface area contributed by atoms with Crippen LogP contribution < -0.4 is 5.32 Å². The minimum absolute atomic E-state index is 0. The van der Waals surface area contributed by atoms with E-state index in [0.29, 0.717) is 18.7 Å². The van der Waals surface area contributed by atoms with Gasteiger partial charge in [0.2, 0.25) is 5.91 Å². The van der Waals surface area contributed by atoms with Crippen LogP contribution in [0.3, 0.4) is 0 Å². The number of amides is 1. The number of hydrogen-bond donors (Lipinski definition) is 1. The van der Waals surface area contributed by atoms with Crippen molar-refractivity contribution in [2.24, 2.45) is 0 Å². The van der Waals surface area contributed by atoms with E-state index in [2.05, 4.69) is 5.32 Å². The van der Waals surface area contributed by atoms with E-state index in [4.69, 9.17) is 0 Å². The Bertz CT molecular complexity index is 496. The highest BCUT2D eigenvalue weighted by Gasteiger charge is 2.23. The molecule has 2 rings (SSSR count). The van der Waals surface area contributed by atoms with Crippen LogP contribution in [0.4, 0.5) is 5.69 Å². The molecule has 0 spiro atoms. The molecule has 1 saturated heterocycles. The van der Waals surface area contributed by atoms with E-state index in [9.17, 15) is 14.9 Å². The first-order valence-corrected chi connectivity index (χ1v) is 6.31. The second-order valence-electron chi connectivity index (χ2n) is 4.76. The molecule has 0 unspecified atom stereocenters. The number of carbonyl (C=O) groups excluding carboxylic acids is 1. The van der Waals surface area contributed by atoms with Gasteiger partial charge in [-0.1, -0.05) is 18.2 Å². The molecule has 1 amide bonds. The number of para-hydroxylation sites is 1. The monoisotopic (exact) mass is 299 g/mol. The van der Waals surface area contributed by atoms with Crippen molar-refractivity contribution in [2.45, 2.75) is 19.4 Å². The molecule has 0 bridgehead atoms. The van der Waals surface area contributed by atoms with Crippen LogP contribution in [0.5, 0.6) is 0 Å². The largest absolute Gasteiger partial charge is 0.340 e. The number of nitro benzene ring substituents is 1. The first kappa shape index (κ1) is 16.4. The van der Waals surface area contributed by atoms with Crippen molar-refractivity contribution in [1.82, 2.24) is 10.2 Å². The standard InChI is InChI=1S/C13H17N3O3.ClH/c1-10-9-15(7-6-14-10)13(17)8-11-4-2-3-5-12(11)16(18)19;/h2-5,10,14H,6-9H2,1H3;1H/t10-;/m1./s1. The van der Waals surface area contributed by atoms with E-state index < -0.39 is 4.92 Å². The van der Waals surface area contributed by atoms with Crippen molar-refractivity contribution in [3.05, 3.63) is 39.9 Å². The third kappa shape index (κ3) is 3.91. The summed E-state index contributed by atoms with van der Waals surface area (Å²) in [6, 6.07) is 6.67. The number of nitrogens with zero attached hydrogens (tertiary/aromatic N) is 2. The van der Waals surface area contributed by atoms with E-state index in [1.165, 1.54) is 6.07 Å². The van der Waals surface area contributed by atoms with E-state index in [1.54, 1.807) is 23.1 Å². The molecule has 0 radical (unpaired) electrons. The zero-order valence-electron chi connectivity index (χ0n) is 11.2. The van der Waals surface area contributed by atoms with Gasteiger partial charge in [0.05, 0.1) is 11.3 Å². The molecular formula is C13H18ClN3O3. The Morgan fingerprint density at radius 1 is 1.50 bits per heavy atom. The van der Waals surface area contributed by atoms with Gasteiger partial charge < -0.3 is 10.2 Å². The average molecular weight is 300 g/mol. The van der Waals surface area contributed by atoms with Gasteiger partial charge in [0.25, 0.3) is 5.69 Å². The zero-order chi connectivity index (χ0) is 13.8. The fourth-order valence-electron chi connectivity index (χ4n) is 2.27. The molecule has 20 heavy (non-hydrogen) atoms. The maximum atomic E-state index is 12.2. The Balaban J connectivity index is 0.00000200. The molecular weight excluding hydrogens is 282 g/mol. The molecule has 0 saturated carbocycles. The molecule has 0 aliphatic carbocycles. The maximum absolute atomic E-state index is 12.2. The van der Waals surface area contributed by atoms with Crippen molar-refractivity contribution in [3.8, 4) is 0 Å². The van der Waals surface area contributed by atoms with Gasteiger partial charge in [0.1, 0.15) is 0 Å². The predicted molar refractivity (Wildman–Crippen MR) is 78.1 cm³/mol. The molecule has 1 heterocycles. The fraction of sp³-hybridized carbons (Fsp3) is 0.462. The van der Waals surface area contributed by atoms with Crippen molar-refractivity contribution in [1.29, 1.82) is 0 Å². The van der Waals surface area contributed by atoms with Crippen LogP contribution in [-0.4, -0.2) is 41.4 Å². The summed E-state index contributed by atoms with van der Waals surface area (Å²) in [5, 5.41) is 14.2. The van der Waals surface area contributed by atoms with Crippen LogP contribution >= 0.6 is 12.4 Å². The van der Waals surface area contributed by atoms with Crippen LogP contribution in [0.2, 0.25) is 0 Å². The fourth-order valence-corrected chi connectivity index (χ4v) is 2.27. The van der Waals surface area contributed by atoms with E-state index in [1.807, 2.05) is 6.92 Å². The summed E-state index contributed by atoms with van der Waals surface area (Å²) in [6.07, 6.45) is 0.0872. The molecule has 1 aliphatic heterocycles. The van der Waals surface area contributed by atoms with Crippen molar-refractivity contribution in [3.63, 3.8) is 0 Å². The number of piperazine rings is 1. The van der Waals surface area contributed by atoms with Crippen LogP contribution in [0.1, 0.15) is 12.5 Å². The molecule has 0 aromatic heterocycles. The maximum Gasteiger partial charge on any atom is 0.273 e. The van der Waals surface area contributed by atoms with Crippen LogP contribution in [0.15, 0.2) is 24.3 Å². The summed E-state index contributed by atoms with van der Waals surface area (Å²) in [7, 11) is 0. The van der Waals surface area contributed by atoms with Gasteiger partial charge in [-0.05, 0) is 6.92 Å². The highest BCUT2D eigenvalue weighted by Crippen LogP contribution is 2.19. The summed E-state index contributed by atoms with van der Waals surface area (Å²) in [5.74, 6) is -0.0531. The zero-order valence-corrected chi connectivity index (χ0v) is 12.1. The lowest BCUT2D eigenvalue weighted by Gasteiger charge is -2.32. The minimum Gasteiger partial charge on any atom is -0.340 e. The minimum atomic E-state index is -0.441. The molecule has 1 N–H and O–H groups in total. The van der Waals surface area contributed by atoms with Crippen LogP contribution in [-0.2, 0) is 11.2 Å². The molecule has 1 aromatic carbocycles. The third-order valence-electron chi connectivity index (χ3n) is 3.25. The Kier molecular flexibility index (Phi) is 5.91. The Hall–Kier alpha value is -1.66. The second-order valence-corrected chi connectivity index (χ2v) is 4.76. The second kappa shape index (κ2) is 7.21. The number of nitrogens with one attached hydrogen (secondary N) is 1. The van der Waals surface area contributed by atoms with Crippen molar-refractivity contribution in [2.75, 3.05) is 19.6 Å². The number of carbonyl (C=O) groups is 1. The normalized spacial score (nSPS) is 18.2. The lowest BCUT2D eigenvalue weighted by atomic mass is 10.1. The van der Waals surface area contributed by atoms with Crippen molar-refractivity contribution >= 4 is 24.0 Å². The third-order valence-corrected chi connectivity index (χ3v) is 3.25. The summed E-state index contributed by atoms with van der Waals surface area (Å²) in [4.78, 5) is 24.4. The molecule has 1 fully saturated rings. The first-order valence-electron chi connectivity index (χ1n) is 6.31. The van der Waals surface area contributed by atoms with Crippen LogP contribution in [0, 0.1) is 10.1 Å². The number of hydrogen-bond acceptors (Lipinski definition) is 4. The number of nitro groups is 1. The summed E-state index contributed by atoms with van der Waals surface area (Å²) in [5.41, 5.74) is 0.489. The molecule has 1 atom stereocenters. The molecule has 7 heteroatoms. The highest BCUT2D eigenvalue weighted by atomic mass is 35.5. The lowest BCUT2D eigenvalue weighted by molar-refractivity contribution is -0.385. The van der Waals surface area contributed by atoms with E-state index in [0.717, 1.165) is 6.54 Å². The lowest BCUT2D eigenvalue weighted by Crippen LogP contribution is -2.51. The van der Waals surface area contributed by atoms with Gasteiger partial charge >= 0.3 is 0 Å². The number of benzene rings is 1. The van der Waals surface area contributed by atoms with Gasteiger partial charge in [-0.3, -0.25) is 14.9 Å². The van der Waals surface area contributed by atoms with Crippen molar-refractivity contribution < 1.29 is 9.72 Å². The van der Waals surface area contributed by atoms with Crippen LogP contribution in [0.25, 0.3) is 0 Å². The van der Waals surface area contributed by atoms with Gasteiger partial charge in [-0.25, -0.2) is 0 Å². The smallest absolute Gasteiger partial charge is 0.273 e. The topological polar surface area (TPSA) is 75.5 Å². The van der Waals surface area contributed by atoms with E-state index >= 15 is 0 Å². The molecule has 6 nitrogen and oxygen atoms in total. The first-order chi connectivity index (χ1) is 9.08. The quantitative estimate of drug-likeness (QED) is 0.676. The highest BCUT2D eigenvalue weighted by molar-refractivity contribution is 5.85. The number of halogens is 1. The number of rotatable bonds is 3. The molecule has 1 aromatic rings. The Morgan fingerprint density at radius 3 is 2.85 bits per heavy atom. The molecule has 1 aliphatic rings. The van der Waals surface area contributed by atoms with Gasteiger partial charge in [-0.2, -0.15) is 0 Å². The molecule has 110 valence electrons. The van der Waals surface area contributed by atoms with E-state index in [-0.39, 0.29) is 36.5 Å². The average Bonchev–Trinajstić information content (AvgIpc) is 2.39. The predicted octanol–water partition coefficient (Wildman–Crippen LogP) is 1.38. The Labute approximate surface area is 123 Å². The van der Waals surface area contributed by atoms with Gasteiger partial charge in [-0.15, -0.1) is 12.4 Å². The summed E-state index contributed by atoms with van der Waals surface area (Å²) >= 11 is 0. The SMILES string of the molecule is C[C@@H]1CN(C(=O)Cc2ccccc2[N+](=O)[O-])CCN1.Cl. The van der Waals surface area contributed by atoms with Gasteiger partial charge in [0, 0.05) is 37.3 Å².